The number of imide groups is 1. The Morgan fingerprint density at radius 2 is 1.70 bits per heavy atom. The van der Waals surface area contributed by atoms with Gasteiger partial charge in [0.05, 0.1) is 18.7 Å². The van der Waals surface area contributed by atoms with Gasteiger partial charge in [-0.1, -0.05) is 42.5 Å². The summed E-state index contributed by atoms with van der Waals surface area (Å²) in [5.74, 6) is -2.84. The standard InChI is InChI=1S/C20H18F3N3O4/c1-12(13-8-4-3-5-9-13)26-17(28)19(20(21,22)23,25-18(26)29)24-16(27)14-10-6-7-11-15(14)30-2/h3-12H,1-2H3,(H,24,27)(H,25,29). The highest BCUT2D eigenvalue weighted by Crippen LogP contribution is 2.37. The maximum absolute atomic E-state index is 14.0. The third-order valence-electron chi connectivity index (χ3n) is 4.80. The third kappa shape index (κ3) is 3.44. The molecule has 1 saturated heterocycles. The number of para-hydroxylation sites is 1. The first-order chi connectivity index (χ1) is 14.1. The van der Waals surface area contributed by atoms with Crippen molar-refractivity contribution in [2.75, 3.05) is 7.11 Å². The van der Waals surface area contributed by atoms with Crippen molar-refractivity contribution < 1.29 is 32.3 Å². The molecule has 1 aliphatic rings. The van der Waals surface area contributed by atoms with E-state index in [9.17, 15) is 27.6 Å². The van der Waals surface area contributed by atoms with E-state index in [1.807, 2.05) is 0 Å². The summed E-state index contributed by atoms with van der Waals surface area (Å²) in [6, 6.07) is 11.4. The summed E-state index contributed by atoms with van der Waals surface area (Å²) < 4.78 is 47.1. The number of nitrogens with zero attached hydrogens (tertiary/aromatic N) is 1. The average molecular weight is 421 g/mol. The van der Waals surface area contributed by atoms with Crippen molar-refractivity contribution in [1.29, 1.82) is 0 Å². The van der Waals surface area contributed by atoms with Gasteiger partial charge in [0.2, 0.25) is 0 Å². The van der Waals surface area contributed by atoms with Gasteiger partial charge in [0.15, 0.2) is 0 Å². The van der Waals surface area contributed by atoms with Crippen molar-refractivity contribution in [3.05, 3.63) is 65.7 Å². The van der Waals surface area contributed by atoms with Gasteiger partial charge in [-0.15, -0.1) is 0 Å². The second-order valence-corrected chi connectivity index (χ2v) is 6.59. The second kappa shape index (κ2) is 7.69. The molecule has 7 nitrogen and oxygen atoms in total. The number of benzene rings is 2. The van der Waals surface area contributed by atoms with Gasteiger partial charge in [0.25, 0.3) is 17.5 Å². The first-order valence-electron chi connectivity index (χ1n) is 8.85. The molecule has 1 fully saturated rings. The molecule has 10 heteroatoms. The molecule has 2 aromatic carbocycles. The van der Waals surface area contributed by atoms with Crippen LogP contribution in [-0.2, 0) is 4.79 Å². The van der Waals surface area contributed by atoms with Crippen LogP contribution in [0.5, 0.6) is 5.75 Å². The van der Waals surface area contributed by atoms with Gasteiger partial charge in [0, 0.05) is 0 Å². The van der Waals surface area contributed by atoms with Crippen molar-refractivity contribution in [2.24, 2.45) is 0 Å². The van der Waals surface area contributed by atoms with Gasteiger partial charge in [0.1, 0.15) is 5.75 Å². The van der Waals surface area contributed by atoms with Crippen molar-refractivity contribution >= 4 is 17.8 Å². The molecule has 4 amide bonds. The number of ether oxygens (including phenoxy) is 1. The summed E-state index contributed by atoms with van der Waals surface area (Å²) in [7, 11) is 1.25. The molecule has 0 bridgehead atoms. The Balaban J connectivity index is 1.99. The number of rotatable bonds is 5. The Labute approximate surface area is 169 Å². The number of urea groups is 1. The Kier molecular flexibility index (Phi) is 5.43. The van der Waals surface area contributed by atoms with E-state index in [0.717, 1.165) is 0 Å². The molecule has 158 valence electrons. The van der Waals surface area contributed by atoms with Crippen LogP contribution >= 0.6 is 0 Å². The summed E-state index contributed by atoms with van der Waals surface area (Å²) in [5, 5.41) is 3.31. The predicted molar refractivity (Wildman–Crippen MR) is 99.5 cm³/mol. The zero-order valence-electron chi connectivity index (χ0n) is 16.0. The Morgan fingerprint density at radius 1 is 1.10 bits per heavy atom. The number of carbonyl (C=O) groups excluding carboxylic acids is 3. The molecule has 0 saturated carbocycles. The van der Waals surface area contributed by atoms with Crippen molar-refractivity contribution in [1.82, 2.24) is 15.5 Å². The smallest absolute Gasteiger partial charge is 0.440 e. The first kappa shape index (κ1) is 21.2. The zero-order chi connectivity index (χ0) is 22.1. The molecule has 2 N–H and O–H groups in total. The molecule has 0 spiro atoms. The minimum Gasteiger partial charge on any atom is -0.496 e. The molecule has 2 unspecified atom stereocenters. The van der Waals surface area contributed by atoms with E-state index in [0.29, 0.717) is 10.5 Å². The fraction of sp³-hybridized carbons (Fsp3) is 0.250. The summed E-state index contributed by atoms with van der Waals surface area (Å²) in [6.07, 6.45) is -5.30. The predicted octanol–water partition coefficient (Wildman–Crippen LogP) is 3.00. The number of methoxy groups -OCH3 is 1. The van der Waals surface area contributed by atoms with E-state index in [-0.39, 0.29) is 11.3 Å². The van der Waals surface area contributed by atoms with Crippen LogP contribution in [0.1, 0.15) is 28.9 Å². The van der Waals surface area contributed by atoms with Crippen LogP contribution in [0.4, 0.5) is 18.0 Å². The quantitative estimate of drug-likeness (QED) is 0.727. The van der Waals surface area contributed by atoms with E-state index in [1.165, 1.54) is 38.3 Å². The zero-order valence-corrected chi connectivity index (χ0v) is 16.0. The molecule has 3 rings (SSSR count). The van der Waals surface area contributed by atoms with E-state index in [2.05, 4.69) is 0 Å². The number of nitrogens with one attached hydrogen (secondary N) is 2. The molecule has 2 aromatic rings. The molecule has 0 radical (unpaired) electrons. The molecular formula is C20H18F3N3O4. The lowest BCUT2D eigenvalue weighted by atomic mass is 10.0. The lowest BCUT2D eigenvalue weighted by Crippen LogP contribution is -2.69. The lowest BCUT2D eigenvalue weighted by molar-refractivity contribution is -0.200. The molecule has 1 heterocycles. The van der Waals surface area contributed by atoms with Crippen LogP contribution in [0.25, 0.3) is 0 Å². The number of carbonyl (C=O) groups is 3. The Bertz CT molecular complexity index is 981. The number of hydrogen-bond donors (Lipinski definition) is 2. The van der Waals surface area contributed by atoms with E-state index in [1.54, 1.807) is 41.0 Å². The second-order valence-electron chi connectivity index (χ2n) is 6.59. The van der Waals surface area contributed by atoms with Crippen molar-refractivity contribution in [2.45, 2.75) is 24.8 Å². The van der Waals surface area contributed by atoms with E-state index >= 15 is 0 Å². The van der Waals surface area contributed by atoms with Crippen molar-refractivity contribution in [3.63, 3.8) is 0 Å². The van der Waals surface area contributed by atoms with Gasteiger partial charge in [-0.05, 0) is 24.6 Å². The molecule has 2 atom stereocenters. The normalized spacial score (nSPS) is 20.0. The van der Waals surface area contributed by atoms with E-state index < -0.39 is 35.7 Å². The number of amides is 4. The topological polar surface area (TPSA) is 87.7 Å². The van der Waals surface area contributed by atoms with Gasteiger partial charge in [-0.25, -0.2) is 4.79 Å². The number of hydrogen-bond acceptors (Lipinski definition) is 4. The highest BCUT2D eigenvalue weighted by Gasteiger charge is 2.69. The molecule has 30 heavy (non-hydrogen) atoms. The van der Waals surface area contributed by atoms with E-state index in [4.69, 9.17) is 4.74 Å². The highest BCUT2D eigenvalue weighted by atomic mass is 19.4. The lowest BCUT2D eigenvalue weighted by Gasteiger charge is -2.30. The molecular weight excluding hydrogens is 403 g/mol. The Morgan fingerprint density at radius 3 is 2.30 bits per heavy atom. The van der Waals surface area contributed by atoms with Crippen LogP contribution < -0.4 is 15.4 Å². The summed E-state index contributed by atoms with van der Waals surface area (Å²) in [5.41, 5.74) is -3.37. The summed E-state index contributed by atoms with van der Waals surface area (Å²) in [4.78, 5) is 38.4. The van der Waals surface area contributed by atoms with Crippen LogP contribution in [0.3, 0.4) is 0 Å². The Hall–Kier alpha value is -3.56. The monoisotopic (exact) mass is 421 g/mol. The van der Waals surface area contributed by atoms with Crippen molar-refractivity contribution in [3.8, 4) is 5.75 Å². The van der Waals surface area contributed by atoms with Gasteiger partial charge in [-0.2, -0.15) is 13.2 Å². The summed E-state index contributed by atoms with van der Waals surface area (Å²) >= 11 is 0. The highest BCUT2D eigenvalue weighted by molar-refractivity contribution is 6.11. The minimum atomic E-state index is -5.30. The van der Waals surface area contributed by atoms with Gasteiger partial charge < -0.3 is 10.1 Å². The average Bonchev–Trinajstić information content (AvgIpc) is 2.98. The molecule has 0 aromatic heterocycles. The minimum absolute atomic E-state index is 0.0126. The maximum atomic E-state index is 14.0. The fourth-order valence-electron chi connectivity index (χ4n) is 3.20. The first-order valence-corrected chi connectivity index (χ1v) is 8.85. The third-order valence-corrected chi connectivity index (χ3v) is 4.80. The van der Waals surface area contributed by atoms with Crippen LogP contribution in [-0.4, -0.2) is 41.7 Å². The SMILES string of the molecule is COc1ccccc1C(=O)NC1(C(F)(F)F)NC(=O)N(C(C)c2ccccc2)C1=O. The largest absolute Gasteiger partial charge is 0.496 e. The maximum Gasteiger partial charge on any atom is 0.440 e. The van der Waals surface area contributed by atoms with Crippen LogP contribution in [0.2, 0.25) is 0 Å². The fourth-order valence-corrected chi connectivity index (χ4v) is 3.20. The molecule has 1 aliphatic heterocycles. The molecule has 0 aliphatic carbocycles. The van der Waals surface area contributed by atoms with Crippen LogP contribution in [0.15, 0.2) is 54.6 Å². The number of halogens is 3. The number of alkyl halides is 3. The summed E-state index contributed by atoms with van der Waals surface area (Å²) in [6.45, 7) is 1.42. The van der Waals surface area contributed by atoms with Gasteiger partial charge >= 0.3 is 12.2 Å². The van der Waals surface area contributed by atoms with Gasteiger partial charge in [-0.3, -0.25) is 19.8 Å². The van der Waals surface area contributed by atoms with Crippen LogP contribution in [0, 0.1) is 0 Å².